The highest BCUT2D eigenvalue weighted by Gasteiger charge is 2.56. The lowest BCUT2D eigenvalue weighted by atomic mass is 9.64. The Morgan fingerprint density at radius 1 is 1.22 bits per heavy atom. The maximum Gasteiger partial charge on any atom is 0.326 e. The first kappa shape index (κ1) is 19.9. The molecule has 0 bridgehead atoms. The van der Waals surface area contributed by atoms with E-state index in [1.165, 1.54) is 0 Å². The normalized spacial score (nSPS) is 35.4. The molecule has 2 aliphatic carbocycles. The summed E-state index contributed by atoms with van der Waals surface area (Å²) in [7, 11) is 0. The molecule has 27 heavy (non-hydrogen) atoms. The van der Waals surface area contributed by atoms with E-state index >= 15 is 0 Å². The van der Waals surface area contributed by atoms with Crippen LogP contribution in [-0.4, -0.2) is 41.5 Å². The fraction of sp³-hybridized carbons (Fsp3) is 0.762. The molecular weight excluding hydrogens is 344 g/mol. The summed E-state index contributed by atoms with van der Waals surface area (Å²) in [6.45, 7) is 8.54. The van der Waals surface area contributed by atoms with E-state index in [9.17, 15) is 14.4 Å². The molecule has 3 amide bonds. The van der Waals surface area contributed by atoms with Crippen molar-refractivity contribution >= 4 is 17.9 Å². The first-order valence-electron chi connectivity index (χ1n) is 10.1. The van der Waals surface area contributed by atoms with Crippen LogP contribution in [0.2, 0.25) is 0 Å². The molecule has 0 aromatic rings. The van der Waals surface area contributed by atoms with Gasteiger partial charge in [0.1, 0.15) is 12.1 Å². The molecule has 2 fully saturated rings. The number of amides is 3. The van der Waals surface area contributed by atoms with Crippen LogP contribution in [0.3, 0.4) is 0 Å². The Labute approximate surface area is 161 Å². The average molecular weight is 376 g/mol. The van der Waals surface area contributed by atoms with Crippen LogP contribution in [0.15, 0.2) is 12.2 Å². The number of imide groups is 1. The lowest BCUT2D eigenvalue weighted by molar-refractivity contribution is -0.150. The fourth-order valence-corrected chi connectivity index (χ4v) is 5.26. The number of hydrogen-bond acceptors (Lipinski definition) is 4. The SMILES string of the molecule is CC1CC(C)(C)CC2(C1)NC(=O)N(CC(=O)OCC1CC=CCC1C)C2=O. The number of ether oxygens (including phenoxy) is 1. The third-order valence-electron chi connectivity index (χ3n) is 6.29. The topological polar surface area (TPSA) is 75.7 Å². The number of carbonyl (C=O) groups excluding carboxylic acids is 3. The standard InChI is InChI=1S/C21H32N2O4/c1-14-9-20(3,4)13-21(10-14)18(25)23(19(26)22-21)11-17(24)27-12-16-8-6-5-7-15(16)2/h5-6,14-16H,7-13H2,1-4H3,(H,22,26). The highest BCUT2D eigenvalue weighted by atomic mass is 16.5. The lowest BCUT2D eigenvalue weighted by Crippen LogP contribution is -2.54. The minimum absolute atomic E-state index is 0.0260. The largest absolute Gasteiger partial charge is 0.464 e. The number of nitrogens with zero attached hydrogens (tertiary/aromatic N) is 1. The molecule has 1 aliphatic heterocycles. The third-order valence-corrected chi connectivity index (χ3v) is 6.29. The Morgan fingerprint density at radius 3 is 2.59 bits per heavy atom. The van der Waals surface area contributed by atoms with E-state index in [-0.39, 0.29) is 17.9 Å². The van der Waals surface area contributed by atoms with E-state index in [0.717, 1.165) is 24.2 Å². The molecule has 3 aliphatic rings. The van der Waals surface area contributed by atoms with Gasteiger partial charge in [0.25, 0.3) is 5.91 Å². The van der Waals surface area contributed by atoms with Gasteiger partial charge in [-0.25, -0.2) is 4.79 Å². The summed E-state index contributed by atoms with van der Waals surface area (Å²) < 4.78 is 5.40. The number of esters is 1. The molecule has 1 spiro atoms. The van der Waals surface area contributed by atoms with Gasteiger partial charge >= 0.3 is 12.0 Å². The van der Waals surface area contributed by atoms with Gasteiger partial charge in [-0.15, -0.1) is 0 Å². The van der Waals surface area contributed by atoms with E-state index in [0.29, 0.717) is 37.2 Å². The van der Waals surface area contributed by atoms with E-state index in [1.807, 2.05) is 0 Å². The first-order valence-corrected chi connectivity index (χ1v) is 10.1. The van der Waals surface area contributed by atoms with Gasteiger partial charge in [-0.3, -0.25) is 14.5 Å². The lowest BCUT2D eigenvalue weighted by Gasteiger charge is -2.43. The molecule has 1 N–H and O–H groups in total. The van der Waals surface area contributed by atoms with E-state index < -0.39 is 17.5 Å². The Morgan fingerprint density at radius 2 is 1.93 bits per heavy atom. The average Bonchev–Trinajstić information content (AvgIpc) is 2.75. The van der Waals surface area contributed by atoms with Crippen LogP contribution in [0.25, 0.3) is 0 Å². The summed E-state index contributed by atoms with van der Waals surface area (Å²) >= 11 is 0. The van der Waals surface area contributed by atoms with Gasteiger partial charge in [-0.2, -0.15) is 0 Å². The quantitative estimate of drug-likeness (QED) is 0.464. The second-order valence-corrected chi connectivity index (χ2v) is 9.62. The monoisotopic (exact) mass is 376 g/mol. The van der Waals surface area contributed by atoms with Crippen LogP contribution in [0.4, 0.5) is 4.79 Å². The summed E-state index contributed by atoms with van der Waals surface area (Å²) in [6.07, 6.45) is 8.41. The Balaban J connectivity index is 1.60. The molecule has 4 atom stereocenters. The fourth-order valence-electron chi connectivity index (χ4n) is 5.26. The minimum Gasteiger partial charge on any atom is -0.464 e. The third kappa shape index (κ3) is 4.19. The van der Waals surface area contributed by atoms with Crippen LogP contribution in [0, 0.1) is 23.2 Å². The van der Waals surface area contributed by atoms with Crippen LogP contribution in [0.1, 0.15) is 59.8 Å². The molecule has 0 aromatic heterocycles. The summed E-state index contributed by atoms with van der Waals surface area (Å²) in [5.74, 6) is 0.311. The van der Waals surface area contributed by atoms with Gasteiger partial charge in [-0.05, 0) is 55.3 Å². The Hall–Kier alpha value is -1.85. The minimum atomic E-state index is -0.874. The van der Waals surface area contributed by atoms with Crippen LogP contribution >= 0.6 is 0 Å². The van der Waals surface area contributed by atoms with Crippen molar-refractivity contribution in [2.45, 2.75) is 65.3 Å². The van der Waals surface area contributed by atoms with Gasteiger partial charge in [0.05, 0.1) is 6.61 Å². The van der Waals surface area contributed by atoms with Crippen molar-refractivity contribution in [2.24, 2.45) is 23.2 Å². The molecule has 150 valence electrons. The number of allylic oxidation sites excluding steroid dienone is 2. The highest BCUT2D eigenvalue weighted by molar-refractivity contribution is 6.08. The van der Waals surface area contributed by atoms with Crippen LogP contribution < -0.4 is 5.32 Å². The number of hydrogen-bond donors (Lipinski definition) is 1. The Kier molecular flexibility index (Phi) is 5.37. The predicted molar refractivity (Wildman–Crippen MR) is 102 cm³/mol. The maximum atomic E-state index is 13.0. The van der Waals surface area contributed by atoms with E-state index in [2.05, 4.69) is 45.2 Å². The number of urea groups is 1. The van der Waals surface area contributed by atoms with Crippen molar-refractivity contribution in [1.82, 2.24) is 10.2 Å². The maximum absolute atomic E-state index is 13.0. The number of carbonyl (C=O) groups is 3. The second kappa shape index (κ2) is 7.28. The molecule has 1 heterocycles. The zero-order chi connectivity index (χ0) is 19.8. The van der Waals surface area contributed by atoms with Gasteiger partial charge in [0, 0.05) is 0 Å². The van der Waals surface area contributed by atoms with E-state index in [1.54, 1.807) is 0 Å². The molecule has 3 rings (SSSR count). The Bertz CT molecular complexity index is 657. The molecule has 1 saturated carbocycles. The zero-order valence-electron chi connectivity index (χ0n) is 16.9. The van der Waals surface area contributed by atoms with Gasteiger partial charge < -0.3 is 10.1 Å². The molecule has 0 radical (unpaired) electrons. The second-order valence-electron chi connectivity index (χ2n) is 9.62. The summed E-state index contributed by atoms with van der Waals surface area (Å²) in [5.41, 5.74) is -0.900. The van der Waals surface area contributed by atoms with Crippen LogP contribution in [-0.2, 0) is 14.3 Å². The summed E-state index contributed by atoms with van der Waals surface area (Å²) in [5, 5.41) is 2.89. The molecule has 1 saturated heterocycles. The summed E-state index contributed by atoms with van der Waals surface area (Å²) in [6, 6.07) is -0.476. The molecule has 6 nitrogen and oxygen atoms in total. The number of rotatable bonds is 4. The smallest absolute Gasteiger partial charge is 0.326 e. The molecular formula is C21H32N2O4. The van der Waals surface area contributed by atoms with Gasteiger partial charge in [0.15, 0.2) is 0 Å². The predicted octanol–water partition coefficient (Wildman–Crippen LogP) is 3.27. The van der Waals surface area contributed by atoms with Crippen molar-refractivity contribution in [3.05, 3.63) is 12.2 Å². The first-order chi connectivity index (χ1) is 12.6. The van der Waals surface area contributed by atoms with E-state index in [4.69, 9.17) is 4.74 Å². The van der Waals surface area contributed by atoms with Crippen molar-refractivity contribution in [1.29, 1.82) is 0 Å². The highest BCUT2D eigenvalue weighted by Crippen LogP contribution is 2.46. The number of nitrogens with one attached hydrogen (secondary N) is 1. The molecule has 4 unspecified atom stereocenters. The van der Waals surface area contributed by atoms with Crippen LogP contribution in [0.5, 0.6) is 0 Å². The van der Waals surface area contributed by atoms with Crippen molar-refractivity contribution in [3.8, 4) is 0 Å². The van der Waals surface area contributed by atoms with Gasteiger partial charge in [-0.1, -0.05) is 39.8 Å². The molecule has 0 aromatic carbocycles. The molecule has 6 heteroatoms. The summed E-state index contributed by atoms with van der Waals surface area (Å²) in [4.78, 5) is 38.8. The van der Waals surface area contributed by atoms with Gasteiger partial charge in [0.2, 0.25) is 0 Å². The van der Waals surface area contributed by atoms with Crippen molar-refractivity contribution < 1.29 is 19.1 Å². The zero-order valence-corrected chi connectivity index (χ0v) is 16.9. The van der Waals surface area contributed by atoms with Crippen molar-refractivity contribution in [3.63, 3.8) is 0 Å². The van der Waals surface area contributed by atoms with Crippen molar-refractivity contribution in [2.75, 3.05) is 13.2 Å².